The van der Waals surface area contributed by atoms with Gasteiger partial charge in [0.15, 0.2) is 0 Å². The summed E-state index contributed by atoms with van der Waals surface area (Å²) in [6.45, 7) is 2.62. The molecule has 0 unspecified atom stereocenters. The highest BCUT2D eigenvalue weighted by molar-refractivity contribution is 5.38. The predicted octanol–water partition coefficient (Wildman–Crippen LogP) is 2.32. The van der Waals surface area contributed by atoms with Gasteiger partial charge >= 0.3 is 0 Å². The van der Waals surface area contributed by atoms with Gasteiger partial charge in [-0.1, -0.05) is 22.9 Å². The van der Waals surface area contributed by atoms with Crippen LogP contribution >= 0.6 is 0 Å². The van der Waals surface area contributed by atoms with Gasteiger partial charge in [-0.05, 0) is 43.3 Å². The van der Waals surface area contributed by atoms with Gasteiger partial charge in [-0.3, -0.25) is 0 Å². The SMILES string of the molecule is Cc1ccc(OCc2c(CN)nnn2-c2ccc(O)cc2)cc1. The van der Waals surface area contributed by atoms with Crippen molar-refractivity contribution in [2.45, 2.75) is 20.1 Å². The lowest BCUT2D eigenvalue weighted by molar-refractivity contribution is 0.296. The van der Waals surface area contributed by atoms with E-state index in [0.717, 1.165) is 17.1 Å². The summed E-state index contributed by atoms with van der Waals surface area (Å²) in [6, 6.07) is 14.6. The molecule has 3 N–H and O–H groups in total. The molecule has 6 heteroatoms. The van der Waals surface area contributed by atoms with E-state index < -0.39 is 0 Å². The molecule has 0 aliphatic rings. The Hall–Kier alpha value is -2.86. The molecular weight excluding hydrogens is 292 g/mol. The molecule has 0 aliphatic heterocycles. The molecule has 6 nitrogen and oxygen atoms in total. The van der Waals surface area contributed by atoms with E-state index in [0.29, 0.717) is 12.3 Å². The molecule has 0 fully saturated rings. The summed E-state index contributed by atoms with van der Waals surface area (Å²) < 4.78 is 7.50. The zero-order chi connectivity index (χ0) is 16.2. The molecule has 0 bridgehead atoms. The van der Waals surface area contributed by atoms with Crippen LogP contribution in [-0.4, -0.2) is 20.1 Å². The minimum Gasteiger partial charge on any atom is -0.508 e. The highest BCUT2D eigenvalue weighted by Gasteiger charge is 2.14. The Labute approximate surface area is 134 Å². The van der Waals surface area contributed by atoms with Crippen LogP contribution in [0.5, 0.6) is 11.5 Å². The van der Waals surface area contributed by atoms with Gasteiger partial charge in [0, 0.05) is 6.54 Å². The lowest BCUT2D eigenvalue weighted by Crippen LogP contribution is -2.09. The topological polar surface area (TPSA) is 86.2 Å². The molecule has 3 aromatic rings. The van der Waals surface area contributed by atoms with Crippen LogP contribution in [0.2, 0.25) is 0 Å². The average Bonchev–Trinajstić information content (AvgIpc) is 2.98. The van der Waals surface area contributed by atoms with Crippen LogP contribution in [0.4, 0.5) is 0 Å². The third-order valence-corrected chi connectivity index (χ3v) is 3.53. The van der Waals surface area contributed by atoms with E-state index in [2.05, 4.69) is 10.3 Å². The van der Waals surface area contributed by atoms with E-state index in [1.54, 1.807) is 28.9 Å². The van der Waals surface area contributed by atoms with Crippen LogP contribution in [0.3, 0.4) is 0 Å². The van der Waals surface area contributed by atoms with Crippen molar-refractivity contribution in [3.8, 4) is 17.2 Å². The Morgan fingerprint density at radius 2 is 1.78 bits per heavy atom. The van der Waals surface area contributed by atoms with E-state index in [-0.39, 0.29) is 12.3 Å². The number of hydrogen-bond donors (Lipinski definition) is 2. The number of ether oxygens (including phenoxy) is 1. The fraction of sp³-hybridized carbons (Fsp3) is 0.176. The Bertz CT molecular complexity index is 779. The van der Waals surface area contributed by atoms with Gasteiger partial charge in [-0.25, -0.2) is 4.68 Å². The molecule has 1 heterocycles. The van der Waals surface area contributed by atoms with Gasteiger partial charge in [-0.2, -0.15) is 0 Å². The van der Waals surface area contributed by atoms with Crippen molar-refractivity contribution in [1.29, 1.82) is 0 Å². The number of aromatic nitrogens is 3. The van der Waals surface area contributed by atoms with Crippen molar-refractivity contribution < 1.29 is 9.84 Å². The van der Waals surface area contributed by atoms with Gasteiger partial charge in [0.05, 0.1) is 5.69 Å². The number of nitrogens with two attached hydrogens (primary N) is 1. The van der Waals surface area contributed by atoms with Crippen molar-refractivity contribution in [3.05, 3.63) is 65.5 Å². The minimum atomic E-state index is 0.199. The summed E-state index contributed by atoms with van der Waals surface area (Å²) in [5, 5.41) is 17.7. The van der Waals surface area contributed by atoms with E-state index in [9.17, 15) is 5.11 Å². The number of benzene rings is 2. The van der Waals surface area contributed by atoms with Crippen LogP contribution in [0, 0.1) is 6.92 Å². The molecule has 118 valence electrons. The summed E-state index contributed by atoms with van der Waals surface area (Å²) >= 11 is 0. The van der Waals surface area contributed by atoms with Gasteiger partial charge in [0.25, 0.3) is 0 Å². The quantitative estimate of drug-likeness (QED) is 0.755. The highest BCUT2D eigenvalue weighted by Crippen LogP contribution is 2.19. The van der Waals surface area contributed by atoms with Crippen LogP contribution in [0.1, 0.15) is 17.0 Å². The Kier molecular flexibility index (Phi) is 4.25. The number of aromatic hydroxyl groups is 1. The second-order valence-corrected chi connectivity index (χ2v) is 5.22. The maximum absolute atomic E-state index is 9.41. The Balaban J connectivity index is 1.86. The van der Waals surface area contributed by atoms with E-state index >= 15 is 0 Å². The second kappa shape index (κ2) is 6.50. The summed E-state index contributed by atoms with van der Waals surface area (Å²) in [5.74, 6) is 0.974. The van der Waals surface area contributed by atoms with Gasteiger partial charge in [-0.15, -0.1) is 5.10 Å². The summed E-state index contributed by atoms with van der Waals surface area (Å²) in [7, 11) is 0. The molecule has 23 heavy (non-hydrogen) atoms. The third kappa shape index (κ3) is 3.32. The molecule has 0 saturated heterocycles. The predicted molar refractivity (Wildman–Crippen MR) is 86.4 cm³/mol. The van der Waals surface area contributed by atoms with Crippen LogP contribution < -0.4 is 10.5 Å². The third-order valence-electron chi connectivity index (χ3n) is 3.53. The molecule has 0 aliphatic carbocycles. The van der Waals surface area contributed by atoms with Gasteiger partial charge in [0.1, 0.15) is 29.5 Å². The van der Waals surface area contributed by atoms with Crippen LogP contribution in [0.15, 0.2) is 48.5 Å². The van der Waals surface area contributed by atoms with Crippen molar-refractivity contribution >= 4 is 0 Å². The van der Waals surface area contributed by atoms with Crippen molar-refractivity contribution in [1.82, 2.24) is 15.0 Å². The first-order chi connectivity index (χ1) is 11.2. The maximum atomic E-state index is 9.41. The fourth-order valence-electron chi connectivity index (χ4n) is 2.22. The first-order valence-corrected chi connectivity index (χ1v) is 7.30. The molecule has 3 rings (SSSR count). The van der Waals surface area contributed by atoms with E-state index in [1.165, 1.54) is 5.56 Å². The minimum absolute atomic E-state index is 0.199. The van der Waals surface area contributed by atoms with Crippen LogP contribution in [0.25, 0.3) is 5.69 Å². The van der Waals surface area contributed by atoms with Gasteiger partial charge in [0.2, 0.25) is 0 Å². The normalized spacial score (nSPS) is 10.7. The Morgan fingerprint density at radius 1 is 1.09 bits per heavy atom. The smallest absolute Gasteiger partial charge is 0.132 e. The number of rotatable bonds is 5. The number of aryl methyl sites for hydroxylation is 1. The first-order valence-electron chi connectivity index (χ1n) is 7.30. The monoisotopic (exact) mass is 310 g/mol. The second-order valence-electron chi connectivity index (χ2n) is 5.22. The number of nitrogens with zero attached hydrogens (tertiary/aromatic N) is 3. The van der Waals surface area contributed by atoms with Crippen molar-refractivity contribution in [2.24, 2.45) is 5.73 Å². The van der Waals surface area contributed by atoms with E-state index in [1.807, 2.05) is 31.2 Å². The molecule has 1 aromatic heterocycles. The number of phenolic OH excluding ortho intramolecular Hbond substituents is 1. The summed E-state index contributed by atoms with van der Waals surface area (Å²) in [6.07, 6.45) is 0. The van der Waals surface area contributed by atoms with Gasteiger partial charge < -0.3 is 15.6 Å². The van der Waals surface area contributed by atoms with Crippen LogP contribution in [-0.2, 0) is 13.2 Å². The zero-order valence-electron chi connectivity index (χ0n) is 12.8. The fourth-order valence-corrected chi connectivity index (χ4v) is 2.22. The first kappa shape index (κ1) is 15.1. The standard InChI is InChI=1S/C17H18N4O2/c1-12-2-8-15(9-3-12)23-11-17-16(10-18)19-20-21(17)13-4-6-14(22)7-5-13/h2-9,22H,10-11,18H2,1H3. The van der Waals surface area contributed by atoms with Crippen molar-refractivity contribution in [3.63, 3.8) is 0 Å². The molecule has 0 saturated carbocycles. The zero-order valence-corrected chi connectivity index (χ0v) is 12.8. The lowest BCUT2D eigenvalue weighted by atomic mass is 10.2. The lowest BCUT2D eigenvalue weighted by Gasteiger charge is -2.10. The molecule has 0 atom stereocenters. The molecule has 0 radical (unpaired) electrons. The largest absolute Gasteiger partial charge is 0.508 e. The number of hydrogen-bond acceptors (Lipinski definition) is 5. The molecule has 0 amide bonds. The maximum Gasteiger partial charge on any atom is 0.132 e. The molecular formula is C17H18N4O2. The van der Waals surface area contributed by atoms with Crippen molar-refractivity contribution in [2.75, 3.05) is 0 Å². The summed E-state index contributed by atoms with van der Waals surface area (Å²) in [5.41, 5.74) is 9.19. The van der Waals surface area contributed by atoms with E-state index in [4.69, 9.17) is 10.5 Å². The average molecular weight is 310 g/mol. The number of phenols is 1. The Morgan fingerprint density at radius 3 is 2.43 bits per heavy atom. The summed E-state index contributed by atoms with van der Waals surface area (Å²) in [4.78, 5) is 0. The highest BCUT2D eigenvalue weighted by atomic mass is 16.5. The molecule has 0 spiro atoms. The molecule has 2 aromatic carbocycles.